The molecule has 0 saturated carbocycles. The van der Waals surface area contributed by atoms with Gasteiger partial charge in [0, 0.05) is 48.3 Å². The largest absolute Gasteiger partial charge is 0.322 e. The van der Waals surface area contributed by atoms with Gasteiger partial charge in [-0.05, 0) is 36.1 Å². The predicted octanol–water partition coefficient (Wildman–Crippen LogP) is 4.41. The number of urea groups is 1. The van der Waals surface area contributed by atoms with Gasteiger partial charge in [0.1, 0.15) is 0 Å². The van der Waals surface area contributed by atoms with E-state index < -0.39 is 0 Å². The van der Waals surface area contributed by atoms with Crippen LogP contribution in [0.1, 0.15) is 5.56 Å². The Morgan fingerprint density at radius 1 is 1.12 bits per heavy atom. The molecule has 4 nitrogen and oxygen atoms in total. The van der Waals surface area contributed by atoms with Gasteiger partial charge in [-0.15, -0.1) is 11.8 Å². The van der Waals surface area contributed by atoms with Gasteiger partial charge in [0.25, 0.3) is 0 Å². The molecule has 1 saturated heterocycles. The van der Waals surface area contributed by atoms with Crippen molar-refractivity contribution in [1.82, 2.24) is 9.80 Å². The molecule has 1 N–H and O–H groups in total. The zero-order chi connectivity index (χ0) is 17.6. The molecule has 2 amide bonds. The Hall–Kier alpha value is -1.69. The first-order valence-corrected chi connectivity index (χ1v) is 9.92. The van der Waals surface area contributed by atoms with Crippen molar-refractivity contribution in [3.8, 4) is 0 Å². The van der Waals surface area contributed by atoms with Crippen LogP contribution in [-0.2, 0) is 6.54 Å². The number of piperazine rings is 1. The average molecular weight is 376 g/mol. The second-order valence-electron chi connectivity index (χ2n) is 6.02. The van der Waals surface area contributed by atoms with Gasteiger partial charge in [-0.2, -0.15) is 0 Å². The van der Waals surface area contributed by atoms with Crippen LogP contribution in [0, 0.1) is 0 Å². The minimum atomic E-state index is -0.0318. The molecule has 0 bridgehead atoms. The number of amides is 2. The molecule has 3 rings (SSSR count). The van der Waals surface area contributed by atoms with Gasteiger partial charge < -0.3 is 10.2 Å². The molecule has 132 valence electrons. The van der Waals surface area contributed by atoms with Crippen molar-refractivity contribution < 1.29 is 4.79 Å². The molecule has 1 aliphatic heterocycles. The van der Waals surface area contributed by atoms with E-state index in [0.29, 0.717) is 0 Å². The average Bonchev–Trinajstić information content (AvgIpc) is 2.64. The predicted molar refractivity (Wildman–Crippen MR) is 106 cm³/mol. The maximum Gasteiger partial charge on any atom is 0.321 e. The third-order valence-corrected chi connectivity index (χ3v) is 5.43. The summed E-state index contributed by atoms with van der Waals surface area (Å²) >= 11 is 7.90. The molecule has 0 spiro atoms. The van der Waals surface area contributed by atoms with Gasteiger partial charge in [-0.1, -0.05) is 35.9 Å². The number of hydrogen-bond acceptors (Lipinski definition) is 3. The summed E-state index contributed by atoms with van der Waals surface area (Å²) in [6, 6.07) is 15.8. The second kappa shape index (κ2) is 8.61. The minimum absolute atomic E-state index is 0.0318. The topological polar surface area (TPSA) is 35.6 Å². The summed E-state index contributed by atoms with van der Waals surface area (Å²) in [6.45, 7) is 3.97. The van der Waals surface area contributed by atoms with Gasteiger partial charge in [-0.25, -0.2) is 4.79 Å². The third-order valence-electron chi connectivity index (χ3n) is 4.33. The lowest BCUT2D eigenvalue weighted by molar-refractivity contribution is 0.143. The molecule has 0 aliphatic carbocycles. The molecule has 2 aromatic carbocycles. The molecule has 1 fully saturated rings. The fourth-order valence-corrected chi connectivity index (χ4v) is 3.53. The number of benzene rings is 2. The number of anilines is 1. The molecule has 1 aliphatic rings. The minimum Gasteiger partial charge on any atom is -0.322 e. The molecular weight excluding hydrogens is 354 g/mol. The van der Waals surface area contributed by atoms with Crippen LogP contribution in [-0.4, -0.2) is 48.3 Å². The normalized spacial score (nSPS) is 15.2. The van der Waals surface area contributed by atoms with Gasteiger partial charge in [0.15, 0.2) is 0 Å². The first kappa shape index (κ1) is 18.1. The van der Waals surface area contributed by atoms with E-state index in [4.69, 9.17) is 11.6 Å². The standard InChI is InChI=1S/C19H22ClN3OS/c1-25-17-7-4-6-16(13-17)21-19(24)23-11-9-22(10-12-23)14-15-5-2-3-8-18(15)20/h2-8,13H,9-12,14H2,1H3,(H,21,24). The number of nitrogens with zero attached hydrogens (tertiary/aromatic N) is 2. The van der Waals surface area contributed by atoms with Crippen molar-refractivity contribution in [3.63, 3.8) is 0 Å². The van der Waals surface area contributed by atoms with Gasteiger partial charge in [0.05, 0.1) is 0 Å². The quantitative estimate of drug-likeness (QED) is 0.804. The highest BCUT2D eigenvalue weighted by Gasteiger charge is 2.21. The Labute approximate surface area is 158 Å². The van der Waals surface area contributed by atoms with E-state index in [0.717, 1.165) is 53.9 Å². The summed E-state index contributed by atoms with van der Waals surface area (Å²) in [5, 5.41) is 3.80. The SMILES string of the molecule is CSc1cccc(NC(=O)N2CCN(Cc3ccccc3Cl)CC2)c1. The Bertz CT molecular complexity index is 732. The smallest absolute Gasteiger partial charge is 0.321 e. The molecule has 0 radical (unpaired) electrons. The van der Waals surface area contributed by atoms with E-state index in [1.54, 1.807) is 11.8 Å². The van der Waals surface area contributed by atoms with E-state index in [9.17, 15) is 4.79 Å². The van der Waals surface area contributed by atoms with Crippen LogP contribution >= 0.6 is 23.4 Å². The number of carbonyl (C=O) groups excluding carboxylic acids is 1. The van der Waals surface area contributed by atoms with Crippen LogP contribution in [0.4, 0.5) is 10.5 Å². The Morgan fingerprint density at radius 3 is 2.60 bits per heavy atom. The first-order chi connectivity index (χ1) is 12.2. The zero-order valence-corrected chi connectivity index (χ0v) is 15.8. The van der Waals surface area contributed by atoms with Gasteiger partial charge in [-0.3, -0.25) is 4.90 Å². The Morgan fingerprint density at radius 2 is 1.88 bits per heavy atom. The molecule has 0 aromatic heterocycles. The monoisotopic (exact) mass is 375 g/mol. The van der Waals surface area contributed by atoms with Crippen molar-refractivity contribution in [2.75, 3.05) is 37.8 Å². The molecule has 6 heteroatoms. The van der Waals surface area contributed by atoms with E-state index in [2.05, 4.69) is 16.3 Å². The maximum atomic E-state index is 12.5. The van der Waals surface area contributed by atoms with Crippen LogP contribution in [0.2, 0.25) is 5.02 Å². The van der Waals surface area contributed by atoms with E-state index in [1.807, 2.05) is 53.6 Å². The highest BCUT2D eigenvalue weighted by atomic mass is 35.5. The third kappa shape index (κ3) is 4.91. The van der Waals surface area contributed by atoms with Crippen molar-refractivity contribution in [3.05, 3.63) is 59.1 Å². The van der Waals surface area contributed by atoms with E-state index >= 15 is 0 Å². The van der Waals surface area contributed by atoms with Crippen molar-refractivity contribution >= 4 is 35.1 Å². The summed E-state index contributed by atoms with van der Waals surface area (Å²) in [5.74, 6) is 0. The summed E-state index contributed by atoms with van der Waals surface area (Å²) in [4.78, 5) is 17.8. The number of halogens is 1. The molecule has 0 atom stereocenters. The number of rotatable bonds is 4. The summed E-state index contributed by atoms with van der Waals surface area (Å²) in [6.07, 6.45) is 2.03. The zero-order valence-electron chi connectivity index (χ0n) is 14.2. The molecule has 2 aromatic rings. The summed E-state index contributed by atoms with van der Waals surface area (Å²) < 4.78 is 0. The number of thioether (sulfide) groups is 1. The molecular formula is C19H22ClN3OS. The van der Waals surface area contributed by atoms with Crippen LogP contribution in [0.5, 0.6) is 0 Å². The number of carbonyl (C=O) groups is 1. The van der Waals surface area contributed by atoms with Gasteiger partial charge in [0.2, 0.25) is 0 Å². The highest BCUT2D eigenvalue weighted by molar-refractivity contribution is 7.98. The molecule has 0 unspecified atom stereocenters. The fourth-order valence-electron chi connectivity index (χ4n) is 2.88. The van der Waals surface area contributed by atoms with Crippen molar-refractivity contribution in [2.45, 2.75) is 11.4 Å². The lowest BCUT2D eigenvalue weighted by Crippen LogP contribution is -2.49. The lowest BCUT2D eigenvalue weighted by atomic mass is 10.2. The van der Waals surface area contributed by atoms with Crippen LogP contribution in [0.25, 0.3) is 0 Å². The number of hydrogen-bond donors (Lipinski definition) is 1. The van der Waals surface area contributed by atoms with E-state index in [-0.39, 0.29) is 6.03 Å². The number of nitrogens with one attached hydrogen (secondary N) is 1. The fraction of sp³-hybridized carbons (Fsp3) is 0.316. The highest BCUT2D eigenvalue weighted by Crippen LogP contribution is 2.20. The lowest BCUT2D eigenvalue weighted by Gasteiger charge is -2.34. The summed E-state index contributed by atoms with van der Waals surface area (Å²) in [7, 11) is 0. The van der Waals surface area contributed by atoms with Crippen molar-refractivity contribution in [1.29, 1.82) is 0 Å². The summed E-state index contributed by atoms with van der Waals surface area (Å²) in [5.41, 5.74) is 1.98. The Kier molecular flexibility index (Phi) is 6.24. The van der Waals surface area contributed by atoms with Crippen molar-refractivity contribution in [2.24, 2.45) is 0 Å². The molecule has 1 heterocycles. The van der Waals surface area contributed by atoms with Crippen LogP contribution < -0.4 is 5.32 Å². The Balaban J connectivity index is 1.51. The maximum absolute atomic E-state index is 12.5. The van der Waals surface area contributed by atoms with Crippen LogP contribution in [0.15, 0.2) is 53.4 Å². The van der Waals surface area contributed by atoms with Gasteiger partial charge >= 0.3 is 6.03 Å². The second-order valence-corrected chi connectivity index (χ2v) is 7.30. The molecule has 25 heavy (non-hydrogen) atoms. The van der Waals surface area contributed by atoms with Crippen LogP contribution in [0.3, 0.4) is 0 Å². The first-order valence-electron chi connectivity index (χ1n) is 8.31. The van der Waals surface area contributed by atoms with E-state index in [1.165, 1.54) is 0 Å².